The summed E-state index contributed by atoms with van der Waals surface area (Å²) in [6.45, 7) is 1.31. The van der Waals surface area contributed by atoms with Crippen molar-refractivity contribution in [3.63, 3.8) is 0 Å². The van der Waals surface area contributed by atoms with E-state index in [0.29, 0.717) is 0 Å². The molecule has 12 heavy (non-hydrogen) atoms. The maximum Gasteiger partial charge on any atom is 0.0657 e. The standard InChI is InChI=1S/C8H16N2O2/c1-3-12-10-5-4-8(9-11)6-7(10)2/h7,11H,3-6H2,1-2H3/i5T2,6T,7T. The van der Waals surface area contributed by atoms with E-state index >= 15 is 0 Å². The molecule has 1 aliphatic heterocycles. The maximum atomic E-state index is 8.70. The van der Waals surface area contributed by atoms with Crippen LogP contribution in [-0.2, 0) is 4.84 Å². The molecule has 1 saturated heterocycles. The molecule has 2 atom stereocenters. The van der Waals surface area contributed by atoms with Gasteiger partial charge in [0.15, 0.2) is 0 Å². The molecule has 4 heteroatoms. The predicted octanol–water partition coefficient (Wildman–Crippen LogP) is 1.25. The number of piperidine rings is 1. The van der Waals surface area contributed by atoms with Gasteiger partial charge < -0.3 is 5.21 Å². The van der Waals surface area contributed by atoms with Gasteiger partial charge in [-0.15, -0.1) is 0 Å². The van der Waals surface area contributed by atoms with E-state index in [0.717, 1.165) is 5.06 Å². The average molecular weight is 180 g/mol. The molecule has 1 aliphatic rings. The highest BCUT2D eigenvalue weighted by molar-refractivity contribution is 5.85. The minimum absolute atomic E-state index is 0.0431. The summed E-state index contributed by atoms with van der Waals surface area (Å²) in [5.74, 6) is 0. The summed E-state index contributed by atoms with van der Waals surface area (Å²) in [5, 5.41) is 12.5. The van der Waals surface area contributed by atoms with Gasteiger partial charge in [-0.1, -0.05) is 5.16 Å². The summed E-state index contributed by atoms with van der Waals surface area (Å²) in [6, 6.07) is -1.63. The third kappa shape index (κ3) is 2.19. The third-order valence-electron chi connectivity index (χ3n) is 1.49. The number of hydrogen-bond donors (Lipinski definition) is 1. The second kappa shape index (κ2) is 4.42. The van der Waals surface area contributed by atoms with E-state index in [2.05, 4.69) is 5.16 Å². The zero-order chi connectivity index (χ0) is 12.6. The Labute approximate surface area is 78.4 Å². The molecule has 1 N–H and O–H groups in total. The van der Waals surface area contributed by atoms with Crippen LogP contribution in [0.25, 0.3) is 0 Å². The quantitative estimate of drug-likeness (QED) is 0.514. The molecule has 0 bridgehead atoms. The average Bonchev–Trinajstić information content (AvgIpc) is 2.19. The van der Waals surface area contributed by atoms with Crippen LogP contribution in [0.5, 0.6) is 0 Å². The van der Waals surface area contributed by atoms with Gasteiger partial charge in [-0.05, 0) is 13.8 Å². The van der Waals surface area contributed by atoms with Crippen molar-refractivity contribution in [2.45, 2.75) is 32.7 Å². The fraction of sp³-hybridized carbons (Fsp3) is 0.875. The lowest BCUT2D eigenvalue weighted by Crippen LogP contribution is -2.40. The first-order chi connectivity index (χ1) is 7.27. The molecule has 1 fully saturated rings. The van der Waals surface area contributed by atoms with Gasteiger partial charge >= 0.3 is 0 Å². The highest BCUT2D eigenvalue weighted by atomic mass is 16.7. The highest BCUT2D eigenvalue weighted by Crippen LogP contribution is 2.14. The van der Waals surface area contributed by atoms with E-state index in [9.17, 15) is 0 Å². The molecule has 2 unspecified atom stereocenters. The van der Waals surface area contributed by atoms with Gasteiger partial charge in [-0.25, -0.2) is 0 Å². The Hall–Kier alpha value is -0.610. The molecule has 0 aromatic carbocycles. The molecule has 1 heterocycles. The molecule has 4 nitrogen and oxygen atoms in total. The Balaban J connectivity index is 3.09. The molecule has 0 aromatic heterocycles. The Morgan fingerprint density at radius 3 is 3.33 bits per heavy atom. The second-order valence-electron chi connectivity index (χ2n) is 2.42. The molecule has 0 spiro atoms. The minimum Gasteiger partial charge on any atom is -0.411 e. The molecule has 0 saturated carbocycles. The van der Waals surface area contributed by atoms with Crippen molar-refractivity contribution < 1.29 is 15.5 Å². The minimum atomic E-state index is -1.95. The summed E-state index contributed by atoms with van der Waals surface area (Å²) in [6.07, 6.45) is -1.39. The Bertz CT molecular complexity index is 296. The van der Waals surface area contributed by atoms with E-state index in [4.69, 9.17) is 15.5 Å². The number of hydroxylamine groups is 2. The van der Waals surface area contributed by atoms with Crippen molar-refractivity contribution in [1.82, 2.24) is 5.06 Å². The SMILES string of the molecule is [3H]C1C(=NO)CC([3H])([3H])N(OCC)C1([3H])C. The van der Waals surface area contributed by atoms with Gasteiger partial charge in [-0.2, -0.15) is 5.06 Å². The first kappa shape index (κ1) is 5.19. The van der Waals surface area contributed by atoms with E-state index in [1.807, 2.05) is 0 Å². The zero-order valence-corrected chi connectivity index (χ0v) is 7.24. The van der Waals surface area contributed by atoms with Crippen LogP contribution >= 0.6 is 0 Å². The van der Waals surface area contributed by atoms with Gasteiger partial charge in [0.2, 0.25) is 0 Å². The number of rotatable bonds is 2. The highest BCUT2D eigenvalue weighted by Gasteiger charge is 2.22. The number of nitrogens with zero attached hydrogens (tertiary/aromatic N) is 2. The van der Waals surface area contributed by atoms with Crippen LogP contribution in [0.4, 0.5) is 0 Å². The predicted molar refractivity (Wildman–Crippen MR) is 46.2 cm³/mol. The summed E-state index contributed by atoms with van der Waals surface area (Å²) >= 11 is 0. The van der Waals surface area contributed by atoms with Gasteiger partial charge in [0, 0.05) is 30.8 Å². The van der Waals surface area contributed by atoms with Crippen LogP contribution in [0.15, 0.2) is 5.16 Å². The molecule has 0 aliphatic carbocycles. The lowest BCUT2D eigenvalue weighted by Gasteiger charge is -2.31. The summed E-state index contributed by atoms with van der Waals surface area (Å²) < 4.78 is 31.2. The van der Waals surface area contributed by atoms with Crippen LogP contribution in [0, 0.1) is 0 Å². The van der Waals surface area contributed by atoms with Crippen LogP contribution in [-0.4, -0.2) is 35.1 Å². The number of hydrogen-bond acceptors (Lipinski definition) is 4. The van der Waals surface area contributed by atoms with E-state index in [1.54, 1.807) is 6.92 Å². The third-order valence-corrected chi connectivity index (χ3v) is 1.49. The molecule has 70 valence electrons. The molecule has 0 amide bonds. The zero-order valence-electron chi connectivity index (χ0n) is 11.2. The van der Waals surface area contributed by atoms with Gasteiger partial charge in [-0.3, -0.25) is 4.84 Å². The van der Waals surface area contributed by atoms with Crippen LogP contribution in [0.1, 0.15) is 32.1 Å². The first-order valence-electron chi connectivity index (χ1n) is 5.91. The Morgan fingerprint density at radius 1 is 2.00 bits per heavy atom. The van der Waals surface area contributed by atoms with Crippen molar-refractivity contribution in [3.8, 4) is 0 Å². The normalized spacial score (nSPS) is 50.8. The van der Waals surface area contributed by atoms with Crippen molar-refractivity contribution in [1.29, 1.82) is 0 Å². The fourth-order valence-electron chi connectivity index (χ4n) is 0.969. The summed E-state index contributed by atoms with van der Waals surface area (Å²) in [4.78, 5) is 5.09. The first-order valence-corrected chi connectivity index (χ1v) is 3.83. The van der Waals surface area contributed by atoms with Crippen molar-refractivity contribution in [2.75, 3.05) is 13.1 Å². The lowest BCUT2D eigenvalue weighted by atomic mass is 10.0. The van der Waals surface area contributed by atoms with Crippen LogP contribution < -0.4 is 0 Å². The van der Waals surface area contributed by atoms with Gasteiger partial charge in [0.05, 0.1) is 12.3 Å². The van der Waals surface area contributed by atoms with Crippen molar-refractivity contribution in [2.24, 2.45) is 5.16 Å². The lowest BCUT2D eigenvalue weighted by molar-refractivity contribution is -0.180. The van der Waals surface area contributed by atoms with E-state index in [1.165, 1.54) is 6.92 Å². The van der Waals surface area contributed by atoms with E-state index in [-0.39, 0.29) is 18.7 Å². The molecular formula is C8H16N2O2. The monoisotopic (exact) mass is 180 g/mol. The molecular weight excluding hydrogens is 156 g/mol. The molecule has 0 aromatic rings. The summed E-state index contributed by atoms with van der Waals surface area (Å²) in [5.41, 5.74) is -0.0431. The smallest absolute Gasteiger partial charge is 0.0657 e. The maximum absolute atomic E-state index is 8.70. The van der Waals surface area contributed by atoms with Crippen molar-refractivity contribution >= 4 is 5.71 Å². The summed E-state index contributed by atoms with van der Waals surface area (Å²) in [7, 11) is 0. The van der Waals surface area contributed by atoms with Crippen LogP contribution in [0.3, 0.4) is 0 Å². The largest absolute Gasteiger partial charge is 0.411 e. The Morgan fingerprint density at radius 2 is 2.75 bits per heavy atom. The van der Waals surface area contributed by atoms with Gasteiger partial charge in [0.25, 0.3) is 0 Å². The van der Waals surface area contributed by atoms with Gasteiger partial charge in [0.1, 0.15) is 0 Å². The Kier molecular flexibility index (Phi) is 1.91. The topological polar surface area (TPSA) is 45.1 Å². The number of oxime groups is 1. The fourth-order valence-corrected chi connectivity index (χ4v) is 0.969. The molecule has 0 radical (unpaired) electrons. The van der Waals surface area contributed by atoms with E-state index < -0.39 is 18.9 Å². The van der Waals surface area contributed by atoms with Crippen molar-refractivity contribution in [3.05, 3.63) is 0 Å². The second-order valence-corrected chi connectivity index (χ2v) is 2.42. The van der Waals surface area contributed by atoms with Crippen LogP contribution in [0.2, 0.25) is 0 Å². The molecule has 1 rings (SSSR count).